The van der Waals surface area contributed by atoms with Gasteiger partial charge in [-0.1, -0.05) is 25.3 Å². The number of hydrogen-bond acceptors (Lipinski definition) is 1. The molecule has 0 saturated heterocycles. The molecule has 0 aromatic carbocycles. The summed E-state index contributed by atoms with van der Waals surface area (Å²) in [6.07, 6.45) is 5.49. The fourth-order valence-corrected chi connectivity index (χ4v) is 1.56. The van der Waals surface area contributed by atoms with Crippen molar-refractivity contribution in [1.29, 1.82) is 0 Å². The van der Waals surface area contributed by atoms with E-state index in [4.69, 9.17) is 4.74 Å². The van der Waals surface area contributed by atoms with Crippen LogP contribution in [-0.2, 0) is 4.74 Å². The minimum absolute atomic E-state index is 0.508. The van der Waals surface area contributed by atoms with Crippen LogP contribution in [0.15, 0.2) is 11.1 Å². The van der Waals surface area contributed by atoms with Gasteiger partial charge in [-0.3, -0.25) is 0 Å². The van der Waals surface area contributed by atoms with Gasteiger partial charge in [0.25, 0.3) is 0 Å². The summed E-state index contributed by atoms with van der Waals surface area (Å²) in [5, 5.41) is 0. The van der Waals surface area contributed by atoms with E-state index in [0.717, 1.165) is 13.0 Å². The van der Waals surface area contributed by atoms with Gasteiger partial charge >= 0.3 is 0 Å². The van der Waals surface area contributed by atoms with Crippen molar-refractivity contribution in [2.24, 2.45) is 0 Å². The molecule has 70 valence electrons. The molecule has 1 atom stereocenters. The molecule has 0 aliphatic carbocycles. The molecule has 1 aliphatic rings. The van der Waals surface area contributed by atoms with Crippen LogP contribution in [0.25, 0.3) is 0 Å². The molecule has 0 fully saturated rings. The minimum Gasteiger partial charge on any atom is -0.374 e. The number of unbranched alkanes of at least 4 members (excludes halogenated alkanes) is 1. The highest BCUT2D eigenvalue weighted by Crippen LogP contribution is 2.22. The molecule has 0 aromatic rings. The first-order valence-electron chi connectivity index (χ1n) is 5.01. The quantitative estimate of drug-likeness (QED) is 0.587. The zero-order valence-corrected chi connectivity index (χ0v) is 8.52. The zero-order chi connectivity index (χ0) is 8.97. The molecule has 1 heterocycles. The van der Waals surface area contributed by atoms with Crippen molar-refractivity contribution in [2.75, 3.05) is 6.61 Å². The van der Waals surface area contributed by atoms with Crippen molar-refractivity contribution >= 4 is 0 Å². The Kier molecular flexibility index (Phi) is 3.80. The SMILES string of the molecule is CCCCC1CC(C)=C(C)CO1. The molecule has 1 heteroatoms. The standard InChI is InChI=1S/C11H20O/c1-4-5-6-11-7-9(2)10(3)8-12-11/h11H,4-8H2,1-3H3. The van der Waals surface area contributed by atoms with Crippen LogP contribution in [0.2, 0.25) is 0 Å². The van der Waals surface area contributed by atoms with Gasteiger partial charge in [0.05, 0.1) is 12.7 Å². The Hall–Kier alpha value is -0.300. The maximum Gasteiger partial charge on any atom is 0.0680 e. The van der Waals surface area contributed by atoms with E-state index < -0.39 is 0 Å². The summed E-state index contributed by atoms with van der Waals surface area (Å²) in [6, 6.07) is 0. The summed E-state index contributed by atoms with van der Waals surface area (Å²) in [5.41, 5.74) is 2.98. The van der Waals surface area contributed by atoms with Crippen LogP contribution in [0.3, 0.4) is 0 Å². The Morgan fingerprint density at radius 2 is 2.08 bits per heavy atom. The number of ether oxygens (including phenoxy) is 1. The summed E-state index contributed by atoms with van der Waals surface area (Å²) in [5.74, 6) is 0. The summed E-state index contributed by atoms with van der Waals surface area (Å²) >= 11 is 0. The van der Waals surface area contributed by atoms with Gasteiger partial charge in [-0.25, -0.2) is 0 Å². The lowest BCUT2D eigenvalue weighted by molar-refractivity contribution is 0.0508. The van der Waals surface area contributed by atoms with Crippen LogP contribution in [0.5, 0.6) is 0 Å². The van der Waals surface area contributed by atoms with E-state index in [0.29, 0.717) is 6.10 Å². The smallest absolute Gasteiger partial charge is 0.0680 e. The minimum atomic E-state index is 0.508. The van der Waals surface area contributed by atoms with E-state index in [1.807, 2.05) is 0 Å². The van der Waals surface area contributed by atoms with E-state index in [1.165, 1.54) is 24.8 Å². The molecule has 0 radical (unpaired) electrons. The Morgan fingerprint density at radius 1 is 1.33 bits per heavy atom. The van der Waals surface area contributed by atoms with Gasteiger partial charge in [0.15, 0.2) is 0 Å². The van der Waals surface area contributed by atoms with Crippen LogP contribution in [0, 0.1) is 0 Å². The summed E-state index contributed by atoms with van der Waals surface area (Å²) in [4.78, 5) is 0. The third kappa shape index (κ3) is 2.63. The Labute approximate surface area is 75.8 Å². The Bertz CT molecular complexity index is 170. The highest BCUT2D eigenvalue weighted by Gasteiger charge is 2.15. The monoisotopic (exact) mass is 168 g/mol. The predicted molar refractivity (Wildman–Crippen MR) is 52.3 cm³/mol. The highest BCUT2D eigenvalue weighted by atomic mass is 16.5. The molecule has 0 N–H and O–H groups in total. The summed E-state index contributed by atoms with van der Waals surface area (Å²) < 4.78 is 5.70. The lowest BCUT2D eigenvalue weighted by Gasteiger charge is -2.24. The maximum absolute atomic E-state index is 5.70. The van der Waals surface area contributed by atoms with Crippen molar-refractivity contribution in [3.63, 3.8) is 0 Å². The van der Waals surface area contributed by atoms with Crippen molar-refractivity contribution in [1.82, 2.24) is 0 Å². The lowest BCUT2D eigenvalue weighted by atomic mass is 9.99. The molecular formula is C11H20O. The highest BCUT2D eigenvalue weighted by molar-refractivity contribution is 5.13. The lowest BCUT2D eigenvalue weighted by Crippen LogP contribution is -2.20. The fourth-order valence-electron chi connectivity index (χ4n) is 1.56. The average Bonchev–Trinajstić information content (AvgIpc) is 2.07. The third-order valence-corrected chi connectivity index (χ3v) is 2.68. The summed E-state index contributed by atoms with van der Waals surface area (Å²) in [7, 11) is 0. The molecule has 1 aliphatic heterocycles. The molecule has 0 bridgehead atoms. The van der Waals surface area contributed by atoms with Gasteiger partial charge < -0.3 is 4.74 Å². The number of hydrogen-bond donors (Lipinski definition) is 0. The Balaban J connectivity index is 2.33. The van der Waals surface area contributed by atoms with Gasteiger partial charge in [0.1, 0.15) is 0 Å². The van der Waals surface area contributed by atoms with Crippen molar-refractivity contribution in [2.45, 2.75) is 52.6 Å². The molecule has 1 rings (SSSR count). The summed E-state index contributed by atoms with van der Waals surface area (Å²) in [6.45, 7) is 7.50. The molecule has 0 aromatic heterocycles. The van der Waals surface area contributed by atoms with Crippen molar-refractivity contribution in [3.8, 4) is 0 Å². The van der Waals surface area contributed by atoms with Crippen LogP contribution in [0.1, 0.15) is 46.5 Å². The first kappa shape index (κ1) is 9.79. The van der Waals surface area contributed by atoms with E-state index >= 15 is 0 Å². The number of rotatable bonds is 3. The van der Waals surface area contributed by atoms with Crippen LogP contribution >= 0.6 is 0 Å². The molecule has 12 heavy (non-hydrogen) atoms. The van der Waals surface area contributed by atoms with E-state index in [1.54, 1.807) is 5.57 Å². The van der Waals surface area contributed by atoms with Gasteiger partial charge in [-0.05, 0) is 32.3 Å². The fraction of sp³-hybridized carbons (Fsp3) is 0.818. The zero-order valence-electron chi connectivity index (χ0n) is 8.52. The largest absolute Gasteiger partial charge is 0.374 e. The first-order valence-corrected chi connectivity index (χ1v) is 5.01. The second-order valence-electron chi connectivity index (χ2n) is 3.84. The topological polar surface area (TPSA) is 9.23 Å². The molecular weight excluding hydrogens is 148 g/mol. The average molecular weight is 168 g/mol. The predicted octanol–water partition coefficient (Wildman–Crippen LogP) is 3.30. The van der Waals surface area contributed by atoms with E-state index in [9.17, 15) is 0 Å². The van der Waals surface area contributed by atoms with Crippen molar-refractivity contribution in [3.05, 3.63) is 11.1 Å². The van der Waals surface area contributed by atoms with Gasteiger partial charge in [0, 0.05) is 0 Å². The van der Waals surface area contributed by atoms with Crippen LogP contribution in [0.4, 0.5) is 0 Å². The van der Waals surface area contributed by atoms with E-state index in [2.05, 4.69) is 20.8 Å². The molecule has 1 unspecified atom stereocenters. The van der Waals surface area contributed by atoms with Gasteiger partial charge in [0.2, 0.25) is 0 Å². The van der Waals surface area contributed by atoms with Crippen LogP contribution < -0.4 is 0 Å². The normalized spacial score (nSPS) is 24.8. The Morgan fingerprint density at radius 3 is 2.67 bits per heavy atom. The van der Waals surface area contributed by atoms with E-state index in [-0.39, 0.29) is 0 Å². The van der Waals surface area contributed by atoms with Crippen LogP contribution in [-0.4, -0.2) is 12.7 Å². The third-order valence-electron chi connectivity index (χ3n) is 2.68. The van der Waals surface area contributed by atoms with Crippen molar-refractivity contribution < 1.29 is 4.74 Å². The van der Waals surface area contributed by atoms with Gasteiger partial charge in [-0.2, -0.15) is 0 Å². The molecule has 0 spiro atoms. The maximum atomic E-state index is 5.70. The molecule has 0 amide bonds. The molecule has 0 saturated carbocycles. The molecule has 1 nitrogen and oxygen atoms in total. The second kappa shape index (κ2) is 4.66. The first-order chi connectivity index (χ1) is 5.74. The van der Waals surface area contributed by atoms with Gasteiger partial charge in [-0.15, -0.1) is 0 Å². The second-order valence-corrected chi connectivity index (χ2v) is 3.84.